The number of hydrogen-bond donors (Lipinski definition) is 3. The minimum atomic E-state index is -3.78. The van der Waals surface area contributed by atoms with Crippen LogP contribution in [0.15, 0.2) is 24.3 Å². The summed E-state index contributed by atoms with van der Waals surface area (Å²) < 4.78 is 44.4. The summed E-state index contributed by atoms with van der Waals surface area (Å²) in [5, 5.41) is 2.66. The highest BCUT2D eigenvalue weighted by Crippen LogP contribution is 2.47. The monoisotopic (exact) mass is 665 g/mol. The van der Waals surface area contributed by atoms with Gasteiger partial charge in [-0.05, 0) is 83.3 Å². The van der Waals surface area contributed by atoms with Crippen LogP contribution in [0.4, 0.5) is 14.9 Å². The lowest BCUT2D eigenvalue weighted by Crippen LogP contribution is -2.65. The van der Waals surface area contributed by atoms with Crippen molar-refractivity contribution in [2.45, 2.75) is 103 Å². The Morgan fingerprint density at radius 3 is 2.11 bits per heavy atom. The van der Waals surface area contributed by atoms with E-state index in [-0.39, 0.29) is 33.7 Å². The molecule has 256 valence electrons. The highest BCUT2D eigenvalue weighted by atomic mass is 32.2. The number of carbonyl (C=O) groups excluding carboxylic acids is 4. The molecule has 2 saturated carbocycles. The highest BCUT2D eigenvalue weighted by Gasteiger charge is 2.60. The number of benzene rings is 1. The lowest BCUT2D eigenvalue weighted by Gasteiger charge is -2.42. The second-order valence-electron chi connectivity index (χ2n) is 14.4. The smallest absolute Gasteiger partial charge is 0.407 e. The normalized spacial score (nSPS) is 28.2. The molecule has 46 heavy (non-hydrogen) atoms. The minimum absolute atomic E-state index is 0.0692. The number of rotatable bonds is 9. The molecule has 13 heteroatoms. The van der Waals surface area contributed by atoms with Crippen molar-refractivity contribution in [1.29, 1.82) is 0 Å². The van der Waals surface area contributed by atoms with Crippen molar-refractivity contribution in [3.63, 3.8) is 0 Å². The lowest BCUT2D eigenvalue weighted by atomic mass is 9.75. The van der Waals surface area contributed by atoms with E-state index in [0.717, 1.165) is 38.4 Å². The number of sulfonamides is 1. The van der Waals surface area contributed by atoms with Crippen LogP contribution in [0.25, 0.3) is 0 Å². The molecule has 3 aliphatic rings. The molecule has 4 rings (SSSR count). The Hall–Kier alpha value is -3.06. The number of ether oxygens (including phenoxy) is 1. The number of alkyl carbamates (subject to hydrolysis) is 1. The van der Waals surface area contributed by atoms with E-state index in [2.05, 4.69) is 5.32 Å². The van der Waals surface area contributed by atoms with Crippen LogP contribution in [0.5, 0.6) is 0 Å². The average molecular weight is 666 g/mol. The molecule has 0 aromatic heterocycles. The van der Waals surface area contributed by atoms with Gasteiger partial charge in [0, 0.05) is 30.0 Å². The SMILES string of the molecule is CC(C)(C)OC(=O)N[C@H](CF)C1CCC(C(=O)[N+]2(c3ccc(C(=O)NS(C)(=O)=O)cc3)CC[C@@H](C3CCCCC3)[C@H]2C(N)=O)CC1. The zero-order valence-electron chi connectivity index (χ0n) is 27.4. The van der Waals surface area contributed by atoms with Crippen molar-refractivity contribution >= 4 is 39.5 Å². The van der Waals surface area contributed by atoms with Crippen molar-refractivity contribution in [1.82, 2.24) is 14.5 Å². The first-order valence-corrected chi connectivity index (χ1v) is 18.3. The number of carbonyl (C=O) groups is 4. The van der Waals surface area contributed by atoms with Gasteiger partial charge in [-0.25, -0.2) is 31.6 Å². The van der Waals surface area contributed by atoms with Crippen LogP contribution in [0.1, 0.15) is 95.3 Å². The Morgan fingerprint density at radius 1 is 0.978 bits per heavy atom. The Balaban J connectivity index is 1.61. The molecular weight excluding hydrogens is 615 g/mol. The van der Waals surface area contributed by atoms with Gasteiger partial charge in [-0.2, -0.15) is 0 Å². The van der Waals surface area contributed by atoms with E-state index in [1.54, 1.807) is 32.9 Å². The van der Waals surface area contributed by atoms with E-state index >= 15 is 0 Å². The summed E-state index contributed by atoms with van der Waals surface area (Å²) in [7, 11) is -3.78. The van der Waals surface area contributed by atoms with Gasteiger partial charge >= 0.3 is 12.0 Å². The first-order chi connectivity index (χ1) is 21.6. The third-order valence-corrected chi connectivity index (χ3v) is 10.6. The summed E-state index contributed by atoms with van der Waals surface area (Å²) in [5.74, 6) is -1.83. The zero-order valence-corrected chi connectivity index (χ0v) is 28.2. The Kier molecular flexibility index (Phi) is 11.2. The minimum Gasteiger partial charge on any atom is -0.444 e. The van der Waals surface area contributed by atoms with Crippen LogP contribution in [-0.2, 0) is 24.3 Å². The quantitative estimate of drug-likeness (QED) is 0.331. The molecule has 1 unspecified atom stereocenters. The molecule has 1 aromatic rings. The molecule has 1 aromatic carbocycles. The molecular formula is C33H50FN4O7S+. The molecule has 4 N–H and O–H groups in total. The average Bonchev–Trinajstić information content (AvgIpc) is 3.40. The molecule has 0 spiro atoms. The van der Waals surface area contributed by atoms with Crippen LogP contribution >= 0.6 is 0 Å². The van der Waals surface area contributed by atoms with Crippen LogP contribution in [0.3, 0.4) is 0 Å². The van der Waals surface area contributed by atoms with Gasteiger partial charge in [-0.1, -0.05) is 19.3 Å². The number of amides is 4. The predicted octanol–water partition coefficient (Wildman–Crippen LogP) is 4.33. The summed E-state index contributed by atoms with van der Waals surface area (Å²) in [6.45, 7) is 4.84. The third-order valence-electron chi connectivity index (χ3n) is 10.1. The van der Waals surface area contributed by atoms with E-state index in [0.29, 0.717) is 44.3 Å². The topological polar surface area (TPSA) is 162 Å². The van der Waals surface area contributed by atoms with Gasteiger partial charge in [-0.15, -0.1) is 0 Å². The van der Waals surface area contributed by atoms with Gasteiger partial charge in [0.2, 0.25) is 10.0 Å². The first-order valence-electron chi connectivity index (χ1n) is 16.5. The fourth-order valence-corrected chi connectivity index (χ4v) is 8.52. The van der Waals surface area contributed by atoms with Crippen molar-refractivity contribution < 1.29 is 36.7 Å². The Morgan fingerprint density at radius 2 is 1.59 bits per heavy atom. The second-order valence-corrected chi connectivity index (χ2v) is 16.1. The summed E-state index contributed by atoms with van der Waals surface area (Å²) >= 11 is 0. The fraction of sp³-hybridized carbons (Fsp3) is 0.697. The molecule has 0 bridgehead atoms. The van der Waals surface area contributed by atoms with Crippen molar-refractivity contribution in [3.8, 4) is 0 Å². The summed E-state index contributed by atoms with van der Waals surface area (Å²) in [5.41, 5.74) is 6.09. The molecule has 2 aliphatic carbocycles. The van der Waals surface area contributed by atoms with Crippen molar-refractivity contribution in [2.24, 2.45) is 29.4 Å². The molecule has 3 fully saturated rings. The Labute approximate surface area is 271 Å². The molecule has 4 atom stereocenters. The van der Waals surface area contributed by atoms with Crippen LogP contribution in [0, 0.1) is 23.7 Å². The number of likely N-dealkylation sites (tertiary alicyclic amines) is 1. The molecule has 1 heterocycles. The zero-order chi connectivity index (χ0) is 33.9. The maximum atomic E-state index is 14.8. The van der Waals surface area contributed by atoms with Gasteiger partial charge < -0.3 is 15.8 Å². The number of nitrogens with zero attached hydrogens (tertiary/aromatic N) is 1. The number of nitrogens with two attached hydrogens (primary N) is 1. The van der Waals surface area contributed by atoms with Gasteiger partial charge in [0.05, 0.1) is 24.8 Å². The summed E-state index contributed by atoms with van der Waals surface area (Å²) in [6, 6.07) is 4.69. The largest absolute Gasteiger partial charge is 0.444 e. The molecule has 1 saturated heterocycles. The van der Waals surface area contributed by atoms with Crippen LogP contribution in [-0.4, -0.2) is 69.4 Å². The predicted molar refractivity (Wildman–Crippen MR) is 173 cm³/mol. The standard InChI is InChI=1S/C33H49FN4O7S/c1-33(2,3)45-32(42)36-27(20-34)22-10-12-24(13-11-22)31(41)38(25-16-14-23(15-17-25)30(40)37-46(4,43)44)19-18-26(28(38)29(35)39)21-8-6-5-7-9-21/h14-17,21-22,24,26-28H,5-13,18-20H2,1-4H3,(H3-,35,36,37,39,40,42)/p+1/t22?,24?,26-,27+,28-,38?/m0/s1. The summed E-state index contributed by atoms with van der Waals surface area (Å²) in [6.07, 6.45) is 8.06. The molecule has 4 amide bonds. The third kappa shape index (κ3) is 8.26. The van der Waals surface area contributed by atoms with E-state index in [4.69, 9.17) is 10.5 Å². The molecule has 0 radical (unpaired) electrons. The number of halogens is 1. The van der Waals surface area contributed by atoms with E-state index in [1.807, 2.05) is 4.72 Å². The summed E-state index contributed by atoms with van der Waals surface area (Å²) in [4.78, 5) is 53.1. The Bertz CT molecular complexity index is 1380. The number of primary amides is 1. The fourth-order valence-electron chi connectivity index (χ4n) is 8.07. The van der Waals surface area contributed by atoms with E-state index in [1.165, 1.54) is 12.1 Å². The number of nitrogens with one attached hydrogen (secondary N) is 2. The van der Waals surface area contributed by atoms with Crippen molar-refractivity contribution in [2.75, 3.05) is 19.5 Å². The van der Waals surface area contributed by atoms with E-state index in [9.17, 15) is 32.0 Å². The lowest BCUT2D eigenvalue weighted by molar-refractivity contribution is -0.142. The first kappa shape index (κ1) is 35.8. The van der Waals surface area contributed by atoms with Gasteiger partial charge in [0.25, 0.3) is 11.8 Å². The van der Waals surface area contributed by atoms with Crippen LogP contribution in [0.2, 0.25) is 0 Å². The highest BCUT2D eigenvalue weighted by molar-refractivity contribution is 7.89. The van der Waals surface area contributed by atoms with Crippen LogP contribution < -0.4 is 20.3 Å². The van der Waals surface area contributed by atoms with Gasteiger partial charge in [0.1, 0.15) is 18.0 Å². The van der Waals surface area contributed by atoms with Gasteiger partial charge in [0.15, 0.2) is 6.04 Å². The number of hydrogen-bond acceptors (Lipinski definition) is 7. The maximum Gasteiger partial charge on any atom is 0.407 e. The van der Waals surface area contributed by atoms with Gasteiger partial charge in [-0.3, -0.25) is 9.59 Å². The van der Waals surface area contributed by atoms with E-state index < -0.39 is 58.2 Å². The second kappa shape index (κ2) is 14.4. The molecule has 11 nitrogen and oxygen atoms in total. The molecule has 1 aliphatic heterocycles. The van der Waals surface area contributed by atoms with Crippen molar-refractivity contribution in [3.05, 3.63) is 29.8 Å². The maximum absolute atomic E-state index is 14.8. The number of quaternary nitrogens is 1. The number of alkyl halides is 1.